The molecule has 0 heterocycles. The van der Waals surface area contributed by atoms with Gasteiger partial charge in [-0.3, -0.25) is 24.6 Å². The number of imide groups is 1. The molecular formula is C9H14N2O5. The SMILES string of the molecule is CC(=O)N(NC(=O)CCCC(=O)O)C(C)=O. The molecule has 0 saturated carbocycles. The number of carboxylic acids is 1. The molecule has 0 fully saturated rings. The minimum Gasteiger partial charge on any atom is -0.481 e. The second kappa shape index (κ2) is 6.54. The molecule has 0 aromatic carbocycles. The van der Waals surface area contributed by atoms with Gasteiger partial charge in [-0.05, 0) is 6.42 Å². The van der Waals surface area contributed by atoms with E-state index in [0.29, 0.717) is 5.01 Å². The van der Waals surface area contributed by atoms with E-state index in [2.05, 4.69) is 5.43 Å². The first-order valence-electron chi connectivity index (χ1n) is 4.67. The van der Waals surface area contributed by atoms with Crippen LogP contribution in [0.3, 0.4) is 0 Å². The number of hydrogen-bond donors (Lipinski definition) is 2. The number of nitrogens with one attached hydrogen (secondary N) is 1. The van der Waals surface area contributed by atoms with Gasteiger partial charge < -0.3 is 5.11 Å². The van der Waals surface area contributed by atoms with E-state index in [1.54, 1.807) is 0 Å². The molecule has 2 N–H and O–H groups in total. The highest BCUT2D eigenvalue weighted by Crippen LogP contribution is 1.96. The lowest BCUT2D eigenvalue weighted by Gasteiger charge is -2.17. The Kier molecular flexibility index (Phi) is 5.76. The highest BCUT2D eigenvalue weighted by molar-refractivity contribution is 5.95. The summed E-state index contributed by atoms with van der Waals surface area (Å²) < 4.78 is 0. The van der Waals surface area contributed by atoms with Crippen LogP contribution in [0.25, 0.3) is 0 Å². The van der Waals surface area contributed by atoms with Crippen molar-refractivity contribution < 1.29 is 24.3 Å². The first-order chi connectivity index (χ1) is 7.34. The van der Waals surface area contributed by atoms with Gasteiger partial charge in [0, 0.05) is 26.7 Å². The van der Waals surface area contributed by atoms with Crippen molar-refractivity contribution in [2.45, 2.75) is 33.1 Å². The summed E-state index contributed by atoms with van der Waals surface area (Å²) in [6.45, 7) is 2.28. The van der Waals surface area contributed by atoms with Crippen LogP contribution in [-0.4, -0.2) is 33.8 Å². The highest BCUT2D eigenvalue weighted by atomic mass is 16.4. The first kappa shape index (κ1) is 14.1. The van der Waals surface area contributed by atoms with Gasteiger partial charge in [-0.1, -0.05) is 0 Å². The molecule has 0 radical (unpaired) electrons. The molecule has 90 valence electrons. The summed E-state index contributed by atoms with van der Waals surface area (Å²) >= 11 is 0. The van der Waals surface area contributed by atoms with Crippen molar-refractivity contribution in [2.75, 3.05) is 0 Å². The zero-order valence-electron chi connectivity index (χ0n) is 9.15. The average Bonchev–Trinajstić information content (AvgIpc) is 2.12. The van der Waals surface area contributed by atoms with E-state index in [-0.39, 0.29) is 19.3 Å². The third kappa shape index (κ3) is 5.74. The molecule has 3 amide bonds. The molecule has 0 saturated heterocycles. The zero-order valence-corrected chi connectivity index (χ0v) is 9.15. The Bertz CT molecular complexity index is 299. The summed E-state index contributed by atoms with van der Waals surface area (Å²) in [5.74, 6) is -2.76. The predicted octanol–water partition coefficient (Wildman–Crippen LogP) is -0.333. The number of aliphatic carboxylic acids is 1. The predicted molar refractivity (Wildman–Crippen MR) is 52.8 cm³/mol. The fraction of sp³-hybridized carbons (Fsp3) is 0.556. The molecule has 0 aliphatic heterocycles. The van der Waals surface area contributed by atoms with Crippen LogP contribution < -0.4 is 5.43 Å². The summed E-state index contributed by atoms with van der Waals surface area (Å²) in [7, 11) is 0. The first-order valence-corrected chi connectivity index (χ1v) is 4.67. The van der Waals surface area contributed by atoms with E-state index in [1.165, 1.54) is 0 Å². The Hall–Kier alpha value is -1.92. The summed E-state index contributed by atoms with van der Waals surface area (Å²) in [6, 6.07) is 0. The molecule has 0 aliphatic rings. The number of hydrazine groups is 1. The second-order valence-corrected chi connectivity index (χ2v) is 3.16. The van der Waals surface area contributed by atoms with Gasteiger partial charge in [0.1, 0.15) is 0 Å². The monoisotopic (exact) mass is 230 g/mol. The Labute approximate surface area is 92.4 Å². The normalized spacial score (nSPS) is 9.38. The topological polar surface area (TPSA) is 104 Å². The number of rotatable bonds is 4. The van der Waals surface area contributed by atoms with E-state index in [4.69, 9.17) is 5.11 Å². The van der Waals surface area contributed by atoms with Crippen molar-refractivity contribution in [3.8, 4) is 0 Å². The van der Waals surface area contributed by atoms with Crippen molar-refractivity contribution in [3.63, 3.8) is 0 Å². The summed E-state index contributed by atoms with van der Waals surface area (Å²) in [5.41, 5.74) is 2.09. The van der Waals surface area contributed by atoms with Crippen molar-refractivity contribution in [3.05, 3.63) is 0 Å². The lowest BCUT2D eigenvalue weighted by molar-refractivity contribution is -0.151. The average molecular weight is 230 g/mol. The number of carboxylic acid groups (broad SMARTS) is 1. The molecule has 0 aromatic rings. The van der Waals surface area contributed by atoms with Gasteiger partial charge in [0.15, 0.2) is 0 Å². The Morgan fingerprint density at radius 3 is 1.94 bits per heavy atom. The van der Waals surface area contributed by atoms with Crippen molar-refractivity contribution in [2.24, 2.45) is 0 Å². The van der Waals surface area contributed by atoms with Gasteiger partial charge in [-0.15, -0.1) is 0 Å². The van der Waals surface area contributed by atoms with E-state index in [0.717, 1.165) is 13.8 Å². The van der Waals surface area contributed by atoms with Gasteiger partial charge in [0.05, 0.1) is 0 Å². The molecule has 0 atom stereocenters. The molecule has 0 bridgehead atoms. The molecule has 7 heteroatoms. The van der Waals surface area contributed by atoms with Crippen LogP contribution in [0.1, 0.15) is 33.1 Å². The summed E-state index contributed by atoms with van der Waals surface area (Å²) in [4.78, 5) is 43.2. The van der Waals surface area contributed by atoms with E-state index in [1.807, 2.05) is 0 Å². The van der Waals surface area contributed by atoms with Crippen LogP contribution in [0, 0.1) is 0 Å². The molecule has 0 spiro atoms. The van der Waals surface area contributed by atoms with Crippen LogP contribution in [0.4, 0.5) is 0 Å². The molecule has 0 aromatic heterocycles. The van der Waals surface area contributed by atoms with Crippen molar-refractivity contribution in [1.29, 1.82) is 0 Å². The number of amides is 3. The third-order valence-electron chi connectivity index (χ3n) is 1.66. The maximum atomic E-state index is 11.2. The Morgan fingerprint density at radius 2 is 1.56 bits per heavy atom. The standard InChI is InChI=1S/C9H14N2O5/c1-6(12)11(7(2)13)10-8(14)4-3-5-9(15)16/h3-5H2,1-2H3,(H,10,14)(H,15,16). The van der Waals surface area contributed by atoms with Gasteiger partial charge in [0.2, 0.25) is 17.7 Å². The van der Waals surface area contributed by atoms with Gasteiger partial charge in [-0.25, -0.2) is 0 Å². The molecule has 0 rings (SSSR count). The Morgan fingerprint density at radius 1 is 1.06 bits per heavy atom. The fourth-order valence-corrected chi connectivity index (χ4v) is 0.960. The quantitative estimate of drug-likeness (QED) is 0.643. The number of nitrogens with zero attached hydrogens (tertiary/aromatic N) is 1. The Balaban J connectivity index is 4.06. The zero-order chi connectivity index (χ0) is 12.7. The summed E-state index contributed by atoms with van der Waals surface area (Å²) in [5, 5.41) is 8.92. The van der Waals surface area contributed by atoms with Crippen LogP contribution in [0.2, 0.25) is 0 Å². The van der Waals surface area contributed by atoms with Crippen LogP contribution in [-0.2, 0) is 19.2 Å². The van der Waals surface area contributed by atoms with Crippen molar-refractivity contribution >= 4 is 23.7 Å². The third-order valence-corrected chi connectivity index (χ3v) is 1.66. The van der Waals surface area contributed by atoms with Crippen LogP contribution in [0.5, 0.6) is 0 Å². The van der Waals surface area contributed by atoms with E-state index in [9.17, 15) is 19.2 Å². The molecule has 7 nitrogen and oxygen atoms in total. The van der Waals surface area contributed by atoms with Gasteiger partial charge in [-0.2, -0.15) is 5.01 Å². The number of hydrogen-bond acceptors (Lipinski definition) is 4. The van der Waals surface area contributed by atoms with E-state index < -0.39 is 23.7 Å². The summed E-state index contributed by atoms with van der Waals surface area (Å²) in [6.07, 6.45) is -0.0261. The molecule has 16 heavy (non-hydrogen) atoms. The second-order valence-electron chi connectivity index (χ2n) is 3.16. The largest absolute Gasteiger partial charge is 0.481 e. The van der Waals surface area contributed by atoms with E-state index >= 15 is 0 Å². The molecule has 0 aliphatic carbocycles. The lowest BCUT2D eigenvalue weighted by atomic mass is 10.2. The van der Waals surface area contributed by atoms with Crippen molar-refractivity contribution in [1.82, 2.24) is 10.4 Å². The minimum absolute atomic E-state index is 0.0522. The minimum atomic E-state index is -0.997. The number of carbonyl (C=O) groups is 4. The van der Waals surface area contributed by atoms with Crippen LogP contribution >= 0.6 is 0 Å². The molecular weight excluding hydrogens is 216 g/mol. The fourth-order valence-electron chi connectivity index (χ4n) is 0.960. The highest BCUT2D eigenvalue weighted by Gasteiger charge is 2.16. The van der Waals surface area contributed by atoms with Crippen LogP contribution in [0.15, 0.2) is 0 Å². The molecule has 0 unspecified atom stereocenters. The van der Waals surface area contributed by atoms with Gasteiger partial charge in [0.25, 0.3) is 0 Å². The lowest BCUT2D eigenvalue weighted by Crippen LogP contribution is -2.47. The van der Waals surface area contributed by atoms with Gasteiger partial charge >= 0.3 is 5.97 Å². The number of carbonyl (C=O) groups excluding carboxylic acids is 3. The maximum Gasteiger partial charge on any atom is 0.303 e. The maximum absolute atomic E-state index is 11.2. The smallest absolute Gasteiger partial charge is 0.303 e.